The number of rotatable bonds is 5. The minimum Gasteiger partial charge on any atom is -0.382 e. The minimum absolute atomic E-state index is 0.0980. The molecule has 0 bridgehead atoms. The van der Waals surface area contributed by atoms with Crippen LogP contribution in [0, 0.1) is 12.7 Å². The van der Waals surface area contributed by atoms with E-state index in [4.69, 9.17) is 5.73 Å². The van der Waals surface area contributed by atoms with Gasteiger partial charge in [0.2, 0.25) is 0 Å². The van der Waals surface area contributed by atoms with Crippen LogP contribution >= 0.6 is 0 Å². The standard InChI is InChI=1S/C26H27FN8O2/c1-15-31-22(16-3-5-17(6-4-16)25(36)33-21-13-18(27)7-10-29-21)23-24(28)30-14-20(35(15)23)26(37)32-19-8-11-34(2)12-9-19/h3-7,10,13-14,19H,8-9,11-12H2,1-2H3,(H2,28,30)(H,32,37)(H,29,33,36). The first-order chi connectivity index (χ1) is 17.8. The second-order valence-corrected chi connectivity index (χ2v) is 9.16. The molecule has 1 aromatic carbocycles. The number of piperidine rings is 1. The molecule has 1 fully saturated rings. The molecule has 0 unspecified atom stereocenters. The molecule has 5 rings (SSSR count). The molecule has 0 spiro atoms. The molecular formula is C26H27FN8O2. The van der Waals surface area contributed by atoms with Gasteiger partial charge in [0.05, 0.1) is 6.20 Å². The number of likely N-dealkylation sites (tertiary alicyclic amines) is 1. The fourth-order valence-electron chi connectivity index (χ4n) is 4.53. The van der Waals surface area contributed by atoms with E-state index >= 15 is 0 Å². The van der Waals surface area contributed by atoms with Crippen LogP contribution in [-0.4, -0.2) is 62.2 Å². The molecule has 1 saturated heterocycles. The van der Waals surface area contributed by atoms with E-state index in [0.29, 0.717) is 33.9 Å². The van der Waals surface area contributed by atoms with Gasteiger partial charge in [0.25, 0.3) is 11.8 Å². The second kappa shape index (κ2) is 9.94. The summed E-state index contributed by atoms with van der Waals surface area (Å²) in [6.45, 7) is 3.67. The average molecular weight is 503 g/mol. The third-order valence-electron chi connectivity index (χ3n) is 6.53. The molecular weight excluding hydrogens is 475 g/mol. The van der Waals surface area contributed by atoms with Crippen molar-refractivity contribution in [3.8, 4) is 11.3 Å². The smallest absolute Gasteiger partial charge is 0.270 e. The number of hydrogen-bond acceptors (Lipinski definition) is 7. The Balaban J connectivity index is 1.41. The SMILES string of the molecule is Cc1nc(-c2ccc(C(=O)Nc3cc(F)ccn3)cc2)c2c(N)ncc(C(=O)NC3CCN(C)CC3)n12. The van der Waals surface area contributed by atoms with Gasteiger partial charge in [-0.3, -0.25) is 14.0 Å². The third kappa shape index (κ3) is 4.98. The van der Waals surface area contributed by atoms with E-state index in [0.717, 1.165) is 32.0 Å². The van der Waals surface area contributed by atoms with Crippen molar-refractivity contribution in [2.75, 3.05) is 31.2 Å². The van der Waals surface area contributed by atoms with E-state index in [1.54, 1.807) is 35.6 Å². The van der Waals surface area contributed by atoms with Crippen molar-refractivity contribution in [1.82, 2.24) is 29.6 Å². The molecule has 0 saturated carbocycles. The van der Waals surface area contributed by atoms with Crippen LogP contribution in [0.25, 0.3) is 16.8 Å². The normalized spacial score (nSPS) is 14.6. The molecule has 11 heteroatoms. The Hall–Kier alpha value is -4.38. The molecule has 4 N–H and O–H groups in total. The highest BCUT2D eigenvalue weighted by Crippen LogP contribution is 2.29. The number of carbonyl (C=O) groups is 2. The van der Waals surface area contributed by atoms with Crippen LogP contribution < -0.4 is 16.4 Å². The maximum atomic E-state index is 13.4. The predicted octanol–water partition coefficient (Wildman–Crippen LogP) is 2.90. The molecule has 4 aromatic rings. The summed E-state index contributed by atoms with van der Waals surface area (Å²) in [6.07, 6.45) is 4.52. The van der Waals surface area contributed by atoms with Gasteiger partial charge in [-0.25, -0.2) is 19.3 Å². The van der Waals surface area contributed by atoms with Crippen molar-refractivity contribution >= 4 is 29.0 Å². The number of nitrogen functional groups attached to an aromatic ring is 1. The molecule has 1 aliphatic heterocycles. The number of halogens is 1. The van der Waals surface area contributed by atoms with Crippen molar-refractivity contribution < 1.29 is 14.0 Å². The van der Waals surface area contributed by atoms with Gasteiger partial charge in [-0.2, -0.15) is 0 Å². The summed E-state index contributed by atoms with van der Waals surface area (Å²) in [7, 11) is 2.07. The lowest BCUT2D eigenvalue weighted by Crippen LogP contribution is -2.43. The molecule has 190 valence electrons. The Labute approximate surface area is 212 Å². The van der Waals surface area contributed by atoms with Crippen molar-refractivity contribution in [3.63, 3.8) is 0 Å². The lowest BCUT2D eigenvalue weighted by Gasteiger charge is -2.29. The lowest BCUT2D eigenvalue weighted by molar-refractivity contribution is 0.0909. The fraction of sp³-hybridized carbons (Fsp3) is 0.269. The Bertz CT molecular complexity index is 1480. The van der Waals surface area contributed by atoms with Crippen LogP contribution in [0.2, 0.25) is 0 Å². The zero-order valence-electron chi connectivity index (χ0n) is 20.5. The molecule has 0 atom stereocenters. The van der Waals surface area contributed by atoms with Gasteiger partial charge in [-0.1, -0.05) is 12.1 Å². The van der Waals surface area contributed by atoms with E-state index in [2.05, 4.69) is 37.5 Å². The molecule has 0 aliphatic carbocycles. The maximum absolute atomic E-state index is 13.4. The number of anilines is 2. The number of amides is 2. The van der Waals surface area contributed by atoms with Crippen LogP contribution in [0.5, 0.6) is 0 Å². The van der Waals surface area contributed by atoms with Gasteiger partial charge < -0.3 is 21.3 Å². The molecule has 37 heavy (non-hydrogen) atoms. The summed E-state index contributed by atoms with van der Waals surface area (Å²) in [6, 6.07) is 9.17. The number of benzene rings is 1. The first-order valence-corrected chi connectivity index (χ1v) is 12.0. The van der Waals surface area contributed by atoms with Gasteiger partial charge in [0.15, 0.2) is 0 Å². The highest BCUT2D eigenvalue weighted by molar-refractivity contribution is 6.04. The second-order valence-electron chi connectivity index (χ2n) is 9.16. The van der Waals surface area contributed by atoms with E-state index in [1.807, 2.05) is 0 Å². The van der Waals surface area contributed by atoms with E-state index < -0.39 is 11.7 Å². The van der Waals surface area contributed by atoms with Gasteiger partial charge in [-0.15, -0.1) is 0 Å². The van der Waals surface area contributed by atoms with E-state index in [9.17, 15) is 14.0 Å². The van der Waals surface area contributed by atoms with Gasteiger partial charge in [0.1, 0.15) is 40.2 Å². The number of nitrogens with one attached hydrogen (secondary N) is 2. The lowest BCUT2D eigenvalue weighted by atomic mass is 10.1. The fourth-order valence-corrected chi connectivity index (χ4v) is 4.53. The number of imidazole rings is 1. The van der Waals surface area contributed by atoms with Crippen molar-refractivity contribution in [2.45, 2.75) is 25.8 Å². The topological polar surface area (TPSA) is 131 Å². The summed E-state index contributed by atoms with van der Waals surface area (Å²) in [5, 5.41) is 5.69. The van der Waals surface area contributed by atoms with Gasteiger partial charge >= 0.3 is 0 Å². The number of aryl methyl sites for hydroxylation is 1. The van der Waals surface area contributed by atoms with Crippen molar-refractivity contribution in [1.29, 1.82) is 0 Å². The zero-order chi connectivity index (χ0) is 26.1. The maximum Gasteiger partial charge on any atom is 0.270 e. The number of hydrogen-bond donors (Lipinski definition) is 3. The van der Waals surface area contributed by atoms with Crippen molar-refractivity contribution in [3.05, 3.63) is 71.7 Å². The summed E-state index contributed by atoms with van der Waals surface area (Å²) in [5.41, 5.74) is 8.74. The third-order valence-corrected chi connectivity index (χ3v) is 6.53. The molecule has 10 nitrogen and oxygen atoms in total. The number of aromatic nitrogens is 4. The molecule has 1 aliphatic rings. The summed E-state index contributed by atoms with van der Waals surface area (Å²) in [4.78, 5) is 40.9. The minimum atomic E-state index is -0.492. The monoisotopic (exact) mass is 502 g/mol. The summed E-state index contributed by atoms with van der Waals surface area (Å²) >= 11 is 0. The molecule has 4 heterocycles. The van der Waals surface area contributed by atoms with E-state index in [1.165, 1.54) is 18.5 Å². The largest absolute Gasteiger partial charge is 0.382 e. The van der Waals surface area contributed by atoms with E-state index in [-0.39, 0.29) is 23.6 Å². The Morgan fingerprint density at radius 2 is 1.81 bits per heavy atom. The zero-order valence-corrected chi connectivity index (χ0v) is 20.5. The van der Waals surface area contributed by atoms with Crippen LogP contribution in [0.15, 0.2) is 48.8 Å². The number of nitrogens with two attached hydrogens (primary N) is 1. The van der Waals surface area contributed by atoms with Gasteiger partial charge in [0, 0.05) is 29.4 Å². The summed E-state index contributed by atoms with van der Waals surface area (Å²) in [5.74, 6) is -0.193. The average Bonchev–Trinajstić information content (AvgIpc) is 3.24. The van der Waals surface area contributed by atoms with Crippen LogP contribution in [0.4, 0.5) is 16.0 Å². The highest BCUT2D eigenvalue weighted by Gasteiger charge is 2.24. The van der Waals surface area contributed by atoms with Crippen LogP contribution in [0.1, 0.15) is 39.5 Å². The van der Waals surface area contributed by atoms with Crippen molar-refractivity contribution in [2.24, 2.45) is 0 Å². The first kappa shape index (κ1) is 24.3. The number of carbonyl (C=O) groups excluding carboxylic acids is 2. The molecule has 3 aromatic heterocycles. The van der Waals surface area contributed by atoms with Crippen LogP contribution in [-0.2, 0) is 0 Å². The number of fused-ring (bicyclic) bond motifs is 1. The Morgan fingerprint density at radius 1 is 1.08 bits per heavy atom. The number of pyridine rings is 1. The Kier molecular flexibility index (Phi) is 6.53. The Morgan fingerprint density at radius 3 is 2.51 bits per heavy atom. The van der Waals surface area contributed by atoms with Crippen LogP contribution in [0.3, 0.4) is 0 Å². The summed E-state index contributed by atoms with van der Waals surface area (Å²) < 4.78 is 15.1. The number of nitrogens with zero attached hydrogens (tertiary/aromatic N) is 5. The van der Waals surface area contributed by atoms with Gasteiger partial charge in [-0.05, 0) is 58.1 Å². The molecule has 2 amide bonds. The highest BCUT2D eigenvalue weighted by atomic mass is 19.1. The predicted molar refractivity (Wildman–Crippen MR) is 138 cm³/mol. The first-order valence-electron chi connectivity index (χ1n) is 12.0. The molecule has 0 radical (unpaired) electrons. The quantitative estimate of drug-likeness (QED) is 0.382.